The van der Waals surface area contributed by atoms with Gasteiger partial charge in [-0.25, -0.2) is 0 Å². The molecular formula is C18H20N6O. The largest absolute Gasteiger partial charge is 0.309 e. The molecule has 1 aromatic carbocycles. The van der Waals surface area contributed by atoms with Gasteiger partial charge in [-0.3, -0.25) is 14.6 Å². The van der Waals surface area contributed by atoms with Crippen molar-refractivity contribution in [3.8, 4) is 11.3 Å². The molecule has 1 amide bonds. The molecule has 0 saturated carbocycles. The molecule has 0 bridgehead atoms. The quantitative estimate of drug-likeness (QED) is 0.768. The zero-order valence-electron chi connectivity index (χ0n) is 14.3. The zero-order chi connectivity index (χ0) is 17.4. The predicted octanol–water partition coefficient (Wildman–Crippen LogP) is 2.26. The number of carbonyl (C=O) groups excluding carboxylic acids is 1. The number of hydrogen-bond acceptors (Lipinski definition) is 4. The summed E-state index contributed by atoms with van der Waals surface area (Å²) in [6, 6.07) is 9.95. The van der Waals surface area contributed by atoms with E-state index in [0.29, 0.717) is 12.2 Å². The Morgan fingerprint density at radius 1 is 1.36 bits per heavy atom. The van der Waals surface area contributed by atoms with Crippen LogP contribution in [0.25, 0.3) is 11.3 Å². The van der Waals surface area contributed by atoms with E-state index in [4.69, 9.17) is 0 Å². The number of fused-ring (bicyclic) bond motifs is 1. The highest BCUT2D eigenvalue weighted by molar-refractivity contribution is 5.92. The van der Waals surface area contributed by atoms with Gasteiger partial charge in [-0.2, -0.15) is 5.10 Å². The van der Waals surface area contributed by atoms with E-state index >= 15 is 0 Å². The maximum absolute atomic E-state index is 12.6. The van der Waals surface area contributed by atoms with E-state index in [-0.39, 0.29) is 11.8 Å². The molecule has 2 N–H and O–H groups in total. The molecule has 1 aliphatic carbocycles. The first-order valence-corrected chi connectivity index (χ1v) is 8.41. The van der Waals surface area contributed by atoms with Crippen molar-refractivity contribution in [3.05, 3.63) is 47.3 Å². The van der Waals surface area contributed by atoms with Crippen molar-refractivity contribution in [3.63, 3.8) is 0 Å². The summed E-state index contributed by atoms with van der Waals surface area (Å²) >= 11 is 0. The number of benzene rings is 1. The molecule has 4 rings (SSSR count). The van der Waals surface area contributed by atoms with Gasteiger partial charge >= 0.3 is 0 Å². The van der Waals surface area contributed by atoms with Gasteiger partial charge in [0.1, 0.15) is 0 Å². The topological polar surface area (TPSA) is 88.5 Å². The van der Waals surface area contributed by atoms with Crippen LogP contribution >= 0.6 is 0 Å². The van der Waals surface area contributed by atoms with Gasteiger partial charge in [0.2, 0.25) is 5.91 Å². The van der Waals surface area contributed by atoms with Crippen LogP contribution in [0.2, 0.25) is 0 Å². The fraction of sp³-hybridized carbons (Fsp3) is 0.333. The van der Waals surface area contributed by atoms with Gasteiger partial charge in [0.25, 0.3) is 0 Å². The first-order valence-electron chi connectivity index (χ1n) is 8.41. The zero-order valence-corrected chi connectivity index (χ0v) is 14.3. The first kappa shape index (κ1) is 15.6. The molecule has 0 radical (unpaired) electrons. The third kappa shape index (κ3) is 2.93. The third-order valence-electron chi connectivity index (χ3n) is 4.83. The Kier molecular flexibility index (Phi) is 3.83. The van der Waals surface area contributed by atoms with E-state index in [1.807, 2.05) is 31.3 Å². The molecule has 2 heterocycles. The van der Waals surface area contributed by atoms with Gasteiger partial charge in [0, 0.05) is 31.0 Å². The van der Waals surface area contributed by atoms with Crippen molar-refractivity contribution in [2.75, 3.05) is 5.32 Å². The summed E-state index contributed by atoms with van der Waals surface area (Å²) in [4.78, 5) is 12.6. The van der Waals surface area contributed by atoms with E-state index in [1.165, 1.54) is 0 Å². The number of anilines is 1. The van der Waals surface area contributed by atoms with E-state index in [0.717, 1.165) is 41.1 Å². The van der Waals surface area contributed by atoms with Gasteiger partial charge in [-0.15, -0.1) is 5.10 Å². The van der Waals surface area contributed by atoms with Crippen LogP contribution in [-0.4, -0.2) is 31.1 Å². The fourth-order valence-electron chi connectivity index (χ4n) is 3.36. The van der Waals surface area contributed by atoms with E-state index in [1.54, 1.807) is 4.68 Å². The lowest BCUT2D eigenvalue weighted by atomic mass is 9.89. The van der Waals surface area contributed by atoms with Crippen LogP contribution in [0.4, 0.5) is 5.82 Å². The van der Waals surface area contributed by atoms with Gasteiger partial charge in [-0.1, -0.05) is 29.5 Å². The number of amides is 1. The maximum Gasteiger partial charge on any atom is 0.229 e. The number of rotatable bonds is 3. The maximum atomic E-state index is 12.6. The number of hydrogen-bond donors (Lipinski definition) is 2. The highest BCUT2D eigenvalue weighted by atomic mass is 16.2. The van der Waals surface area contributed by atoms with Crippen molar-refractivity contribution in [1.82, 2.24) is 25.2 Å². The highest BCUT2D eigenvalue weighted by Gasteiger charge is 2.28. The molecule has 3 aromatic rings. The second kappa shape index (κ2) is 6.16. The van der Waals surface area contributed by atoms with Gasteiger partial charge in [-0.05, 0) is 25.3 Å². The molecule has 7 nitrogen and oxygen atoms in total. The summed E-state index contributed by atoms with van der Waals surface area (Å²) in [7, 11) is 1.87. The molecule has 128 valence electrons. The van der Waals surface area contributed by atoms with E-state index in [9.17, 15) is 4.79 Å². The number of nitrogens with zero attached hydrogens (tertiary/aromatic N) is 4. The number of H-pyrrole nitrogens is 1. The molecule has 0 aliphatic heterocycles. The van der Waals surface area contributed by atoms with Crippen LogP contribution in [0, 0.1) is 12.8 Å². The van der Waals surface area contributed by atoms with E-state index < -0.39 is 0 Å². The Morgan fingerprint density at radius 2 is 2.20 bits per heavy atom. The minimum Gasteiger partial charge on any atom is -0.309 e. The second-order valence-corrected chi connectivity index (χ2v) is 6.52. The summed E-state index contributed by atoms with van der Waals surface area (Å²) in [5.41, 5.74) is 5.20. The third-order valence-corrected chi connectivity index (χ3v) is 4.83. The van der Waals surface area contributed by atoms with Crippen LogP contribution in [-0.2, 0) is 24.7 Å². The summed E-state index contributed by atoms with van der Waals surface area (Å²) in [6.45, 7) is 2.05. The number of aryl methyl sites for hydroxylation is 3. The highest BCUT2D eigenvalue weighted by Crippen LogP contribution is 2.26. The molecule has 2 aromatic heterocycles. The minimum absolute atomic E-state index is 0.00492. The molecule has 7 heteroatoms. The number of aromatic nitrogens is 5. The van der Waals surface area contributed by atoms with Crippen LogP contribution in [0.1, 0.15) is 23.4 Å². The standard InChI is InChI=1S/C18H20N6O/c1-11-5-3-4-6-13(11)15-10-17(22-20-15)19-18(25)12-7-8-14-16(9-12)24(2)23-21-14/h3-6,10,12H,7-9H2,1-2H3,(H2,19,20,22,25). The summed E-state index contributed by atoms with van der Waals surface area (Å²) in [6.07, 6.45) is 2.24. The molecule has 25 heavy (non-hydrogen) atoms. The van der Waals surface area contributed by atoms with Gasteiger partial charge in [0.15, 0.2) is 5.82 Å². The predicted molar refractivity (Wildman–Crippen MR) is 93.9 cm³/mol. The van der Waals surface area contributed by atoms with Crippen LogP contribution in [0.5, 0.6) is 0 Å². The lowest BCUT2D eigenvalue weighted by molar-refractivity contribution is -0.120. The first-order chi connectivity index (χ1) is 12.1. The van der Waals surface area contributed by atoms with Gasteiger partial charge in [0.05, 0.1) is 17.1 Å². The second-order valence-electron chi connectivity index (χ2n) is 6.52. The summed E-state index contributed by atoms with van der Waals surface area (Å²) in [5, 5.41) is 18.4. The molecule has 0 saturated heterocycles. The van der Waals surface area contributed by atoms with Crippen LogP contribution < -0.4 is 5.32 Å². The molecule has 0 spiro atoms. The Labute approximate surface area is 145 Å². The average molecular weight is 336 g/mol. The minimum atomic E-state index is -0.0803. The number of nitrogens with one attached hydrogen (secondary N) is 2. The number of aromatic amines is 1. The summed E-state index contributed by atoms with van der Waals surface area (Å²) < 4.78 is 1.76. The van der Waals surface area contributed by atoms with Crippen LogP contribution in [0.15, 0.2) is 30.3 Å². The lowest BCUT2D eigenvalue weighted by Crippen LogP contribution is -2.29. The Bertz CT molecular complexity index is 925. The molecule has 1 atom stereocenters. The number of carbonyl (C=O) groups is 1. The van der Waals surface area contributed by atoms with Crippen molar-refractivity contribution in [2.24, 2.45) is 13.0 Å². The lowest BCUT2D eigenvalue weighted by Gasteiger charge is -2.20. The van der Waals surface area contributed by atoms with Crippen molar-refractivity contribution < 1.29 is 4.79 Å². The Balaban J connectivity index is 1.47. The van der Waals surface area contributed by atoms with Crippen molar-refractivity contribution in [1.29, 1.82) is 0 Å². The normalized spacial score (nSPS) is 16.5. The fourth-order valence-corrected chi connectivity index (χ4v) is 3.36. The van der Waals surface area contributed by atoms with Crippen molar-refractivity contribution in [2.45, 2.75) is 26.2 Å². The van der Waals surface area contributed by atoms with Crippen molar-refractivity contribution >= 4 is 11.7 Å². The summed E-state index contributed by atoms with van der Waals surface area (Å²) in [5.74, 6) is 0.468. The SMILES string of the molecule is Cc1ccccc1-c1cc(NC(=O)C2CCc3nnn(C)c3C2)n[nH]1. The smallest absolute Gasteiger partial charge is 0.229 e. The molecule has 1 aliphatic rings. The average Bonchev–Trinajstić information content (AvgIpc) is 3.22. The van der Waals surface area contributed by atoms with Gasteiger partial charge < -0.3 is 5.32 Å². The van der Waals surface area contributed by atoms with E-state index in [2.05, 4.69) is 38.8 Å². The monoisotopic (exact) mass is 336 g/mol. The van der Waals surface area contributed by atoms with Crippen LogP contribution in [0.3, 0.4) is 0 Å². The molecule has 0 fully saturated rings. The Hall–Kier alpha value is -2.96. The molecular weight excluding hydrogens is 316 g/mol. The Morgan fingerprint density at radius 3 is 3.04 bits per heavy atom. The molecule has 1 unspecified atom stereocenters.